The van der Waals surface area contributed by atoms with E-state index in [0.717, 1.165) is 42.6 Å². The van der Waals surface area contributed by atoms with Gasteiger partial charge in [0, 0.05) is 18.4 Å². The summed E-state index contributed by atoms with van der Waals surface area (Å²) in [6.07, 6.45) is 1.77. The minimum absolute atomic E-state index is 0.144. The number of rotatable bonds is 0. The first-order chi connectivity index (χ1) is 7.73. The van der Waals surface area contributed by atoms with Gasteiger partial charge in [-0.25, -0.2) is 4.79 Å². The van der Waals surface area contributed by atoms with E-state index < -0.39 is 0 Å². The lowest BCUT2D eigenvalue weighted by Gasteiger charge is -2.33. The van der Waals surface area contributed by atoms with Gasteiger partial charge in [0.2, 0.25) is 0 Å². The molecule has 0 aliphatic carbocycles. The molecule has 0 amide bonds. The fraction of sp³-hybridized carbons (Fsp3) is 0.462. The zero-order valence-electron chi connectivity index (χ0n) is 9.38. The third-order valence-corrected chi connectivity index (χ3v) is 3.67. The van der Waals surface area contributed by atoms with Gasteiger partial charge in [-0.3, -0.25) is 0 Å². The number of hydrogen-bond acceptors (Lipinski definition) is 3. The largest absolute Gasteiger partial charge is 0.450 e. The quantitative estimate of drug-likeness (QED) is 0.673. The molecule has 2 aliphatic heterocycles. The van der Waals surface area contributed by atoms with Crippen LogP contribution < -0.4 is 5.32 Å². The highest BCUT2D eigenvalue weighted by Crippen LogP contribution is 2.43. The van der Waals surface area contributed by atoms with Crippen molar-refractivity contribution in [1.82, 2.24) is 5.32 Å². The Balaban J connectivity index is 2.14. The van der Waals surface area contributed by atoms with Crippen molar-refractivity contribution in [3.63, 3.8) is 0 Å². The van der Waals surface area contributed by atoms with E-state index in [-0.39, 0.29) is 11.6 Å². The topological polar surface area (TPSA) is 38.3 Å². The van der Waals surface area contributed by atoms with Crippen LogP contribution in [0.3, 0.4) is 0 Å². The van der Waals surface area contributed by atoms with Crippen LogP contribution in [0.15, 0.2) is 18.2 Å². The SMILES string of the molecule is Cc1cccc2c1C(=O)OC21CCNCC1. The fourth-order valence-corrected chi connectivity index (χ4v) is 2.80. The Bertz CT molecular complexity index is 447. The van der Waals surface area contributed by atoms with E-state index in [4.69, 9.17) is 4.74 Å². The molecule has 1 saturated heterocycles. The normalized spacial score (nSPS) is 21.9. The van der Waals surface area contributed by atoms with Crippen molar-refractivity contribution < 1.29 is 9.53 Å². The van der Waals surface area contributed by atoms with Gasteiger partial charge in [-0.2, -0.15) is 0 Å². The first-order valence-electron chi connectivity index (χ1n) is 5.77. The van der Waals surface area contributed by atoms with Gasteiger partial charge in [0.15, 0.2) is 0 Å². The summed E-state index contributed by atoms with van der Waals surface area (Å²) in [6.45, 7) is 3.81. The standard InChI is InChI=1S/C13H15NO2/c1-9-3-2-4-10-11(9)12(15)16-13(10)5-7-14-8-6-13/h2-4,14H,5-8H2,1H3. The second-order valence-corrected chi connectivity index (χ2v) is 4.63. The number of nitrogens with one attached hydrogen (secondary N) is 1. The van der Waals surface area contributed by atoms with Gasteiger partial charge in [0.05, 0.1) is 5.56 Å². The summed E-state index contributed by atoms with van der Waals surface area (Å²) in [5.74, 6) is -0.144. The van der Waals surface area contributed by atoms with E-state index >= 15 is 0 Å². The molecule has 0 aromatic heterocycles. The van der Waals surface area contributed by atoms with Crippen LogP contribution in [0.1, 0.15) is 34.3 Å². The maximum atomic E-state index is 11.9. The molecular formula is C13H15NO2. The maximum Gasteiger partial charge on any atom is 0.339 e. The van der Waals surface area contributed by atoms with E-state index in [9.17, 15) is 4.79 Å². The van der Waals surface area contributed by atoms with Crippen molar-refractivity contribution in [1.29, 1.82) is 0 Å². The molecule has 1 aromatic rings. The molecule has 2 aliphatic rings. The first-order valence-corrected chi connectivity index (χ1v) is 5.77. The molecular weight excluding hydrogens is 202 g/mol. The molecule has 2 heterocycles. The minimum Gasteiger partial charge on any atom is -0.450 e. The number of benzene rings is 1. The number of carbonyl (C=O) groups is 1. The van der Waals surface area contributed by atoms with Crippen molar-refractivity contribution in [3.05, 3.63) is 34.9 Å². The number of fused-ring (bicyclic) bond motifs is 2. The predicted molar refractivity (Wildman–Crippen MR) is 60.4 cm³/mol. The van der Waals surface area contributed by atoms with E-state index in [2.05, 4.69) is 5.32 Å². The van der Waals surface area contributed by atoms with Crippen LogP contribution in [-0.2, 0) is 10.3 Å². The third-order valence-electron chi connectivity index (χ3n) is 3.67. The Morgan fingerprint density at radius 1 is 1.31 bits per heavy atom. The van der Waals surface area contributed by atoms with Crippen LogP contribution in [0.4, 0.5) is 0 Å². The first kappa shape index (κ1) is 9.85. The molecule has 0 radical (unpaired) electrons. The summed E-state index contributed by atoms with van der Waals surface area (Å²) < 4.78 is 5.66. The van der Waals surface area contributed by atoms with E-state index in [1.807, 2.05) is 25.1 Å². The predicted octanol–water partition coefficient (Wildman–Crippen LogP) is 1.74. The molecule has 3 nitrogen and oxygen atoms in total. The number of ether oxygens (including phenoxy) is 1. The monoisotopic (exact) mass is 217 g/mol. The van der Waals surface area contributed by atoms with E-state index in [1.165, 1.54) is 0 Å². The van der Waals surface area contributed by atoms with Crippen LogP contribution in [0, 0.1) is 6.92 Å². The van der Waals surface area contributed by atoms with E-state index in [0.29, 0.717) is 0 Å². The maximum absolute atomic E-state index is 11.9. The summed E-state index contributed by atoms with van der Waals surface area (Å²) in [6, 6.07) is 6.03. The van der Waals surface area contributed by atoms with Gasteiger partial charge in [-0.15, -0.1) is 0 Å². The molecule has 3 heteroatoms. The number of hydrogen-bond donors (Lipinski definition) is 1. The Morgan fingerprint density at radius 2 is 2.06 bits per heavy atom. The lowest BCUT2D eigenvalue weighted by atomic mass is 9.83. The molecule has 1 fully saturated rings. The molecule has 0 saturated carbocycles. The summed E-state index contributed by atoms with van der Waals surface area (Å²) in [5.41, 5.74) is 2.57. The molecule has 1 spiro atoms. The Labute approximate surface area is 94.8 Å². The van der Waals surface area contributed by atoms with Gasteiger partial charge in [-0.1, -0.05) is 18.2 Å². The Kier molecular flexibility index (Phi) is 2.04. The van der Waals surface area contributed by atoms with Gasteiger partial charge >= 0.3 is 5.97 Å². The van der Waals surface area contributed by atoms with Crippen LogP contribution in [0.25, 0.3) is 0 Å². The summed E-state index contributed by atoms with van der Waals surface area (Å²) >= 11 is 0. The second kappa shape index (κ2) is 3.32. The lowest BCUT2D eigenvalue weighted by molar-refractivity contribution is -0.0241. The smallest absolute Gasteiger partial charge is 0.339 e. The molecule has 1 aromatic carbocycles. The highest BCUT2D eigenvalue weighted by atomic mass is 16.6. The molecule has 3 rings (SSSR count). The third kappa shape index (κ3) is 1.21. The number of esters is 1. The highest BCUT2D eigenvalue weighted by Gasteiger charge is 2.46. The number of aryl methyl sites for hydroxylation is 1. The molecule has 1 N–H and O–H groups in total. The van der Waals surface area contributed by atoms with Crippen molar-refractivity contribution in [3.8, 4) is 0 Å². The van der Waals surface area contributed by atoms with Crippen LogP contribution in [0.5, 0.6) is 0 Å². The van der Waals surface area contributed by atoms with Gasteiger partial charge in [0.25, 0.3) is 0 Å². The fourth-order valence-electron chi connectivity index (χ4n) is 2.80. The summed E-state index contributed by atoms with van der Waals surface area (Å²) in [7, 11) is 0. The van der Waals surface area contributed by atoms with Gasteiger partial charge < -0.3 is 10.1 Å². The van der Waals surface area contributed by atoms with Crippen molar-refractivity contribution in [2.45, 2.75) is 25.4 Å². The Morgan fingerprint density at radius 3 is 2.81 bits per heavy atom. The average molecular weight is 217 g/mol. The van der Waals surface area contributed by atoms with Crippen LogP contribution in [-0.4, -0.2) is 19.1 Å². The van der Waals surface area contributed by atoms with Gasteiger partial charge in [0.1, 0.15) is 5.60 Å². The minimum atomic E-state index is -0.344. The zero-order chi connectivity index (χ0) is 11.2. The summed E-state index contributed by atoms with van der Waals surface area (Å²) in [5, 5.41) is 3.30. The molecule has 0 atom stereocenters. The molecule has 0 bridgehead atoms. The number of carbonyl (C=O) groups excluding carboxylic acids is 1. The van der Waals surface area contributed by atoms with E-state index in [1.54, 1.807) is 0 Å². The average Bonchev–Trinajstić information content (AvgIpc) is 2.55. The zero-order valence-corrected chi connectivity index (χ0v) is 9.38. The lowest BCUT2D eigenvalue weighted by Crippen LogP contribution is -2.39. The van der Waals surface area contributed by atoms with Crippen LogP contribution in [0.2, 0.25) is 0 Å². The Hall–Kier alpha value is -1.35. The summed E-state index contributed by atoms with van der Waals surface area (Å²) in [4.78, 5) is 11.9. The van der Waals surface area contributed by atoms with Crippen LogP contribution >= 0.6 is 0 Å². The van der Waals surface area contributed by atoms with Gasteiger partial charge in [-0.05, 0) is 25.6 Å². The molecule has 84 valence electrons. The van der Waals surface area contributed by atoms with Crippen molar-refractivity contribution in [2.75, 3.05) is 13.1 Å². The van der Waals surface area contributed by atoms with Crippen molar-refractivity contribution >= 4 is 5.97 Å². The van der Waals surface area contributed by atoms with Crippen molar-refractivity contribution in [2.24, 2.45) is 0 Å². The second-order valence-electron chi connectivity index (χ2n) is 4.63. The molecule has 0 unspecified atom stereocenters. The molecule has 16 heavy (non-hydrogen) atoms. The number of piperidine rings is 1. The highest BCUT2D eigenvalue weighted by molar-refractivity contribution is 5.96.